The van der Waals surface area contributed by atoms with E-state index in [9.17, 15) is 9.90 Å². The summed E-state index contributed by atoms with van der Waals surface area (Å²) in [5, 5.41) is 12.0. The maximum absolute atomic E-state index is 12.2. The number of carbonyl (C=O) groups is 1. The summed E-state index contributed by atoms with van der Waals surface area (Å²) in [6.45, 7) is 9.02. The van der Waals surface area contributed by atoms with Crippen molar-refractivity contribution in [3.63, 3.8) is 0 Å². The summed E-state index contributed by atoms with van der Waals surface area (Å²) < 4.78 is 6.59. The van der Waals surface area contributed by atoms with Crippen molar-refractivity contribution in [2.45, 2.75) is 77.4 Å². The highest BCUT2D eigenvalue weighted by molar-refractivity contribution is 5.93. The molecule has 1 aromatic carbocycles. The molecule has 0 spiro atoms. The summed E-state index contributed by atoms with van der Waals surface area (Å²) in [5.41, 5.74) is 4.59. The summed E-state index contributed by atoms with van der Waals surface area (Å²) >= 11 is 0. The van der Waals surface area contributed by atoms with Gasteiger partial charge in [0.1, 0.15) is 5.60 Å². The Morgan fingerprint density at radius 2 is 1.86 bits per heavy atom. The zero-order chi connectivity index (χ0) is 25.2. The van der Waals surface area contributed by atoms with Crippen molar-refractivity contribution in [2.75, 3.05) is 25.6 Å². The molecule has 0 aromatic heterocycles. The molecule has 1 heterocycles. The molecule has 1 aliphatic heterocycles. The summed E-state index contributed by atoms with van der Waals surface area (Å²) in [6.07, 6.45) is 5.53. The Labute approximate surface area is 210 Å². The molecule has 0 bridgehead atoms. The van der Waals surface area contributed by atoms with Crippen LogP contribution in [0.3, 0.4) is 0 Å². The van der Waals surface area contributed by atoms with Crippen molar-refractivity contribution in [1.82, 2.24) is 0 Å². The number of aliphatic hydroxyl groups is 1. The predicted molar refractivity (Wildman–Crippen MR) is 140 cm³/mol. The third-order valence-corrected chi connectivity index (χ3v) is 8.82. The first-order chi connectivity index (χ1) is 16.4. The van der Waals surface area contributed by atoms with Gasteiger partial charge >= 0.3 is 0 Å². The van der Waals surface area contributed by atoms with Crippen molar-refractivity contribution in [3.8, 4) is 11.8 Å². The topological polar surface area (TPSA) is 49.8 Å². The minimum Gasteiger partial charge on any atom is -0.378 e. The molecule has 0 amide bonds. The Bertz CT molecular complexity index is 1160. The number of anilines is 1. The van der Waals surface area contributed by atoms with E-state index in [0.717, 1.165) is 24.8 Å². The van der Waals surface area contributed by atoms with E-state index in [1.807, 2.05) is 6.08 Å². The fraction of sp³-hybridized carbons (Fsp3) is 0.581. The van der Waals surface area contributed by atoms with Gasteiger partial charge in [0.05, 0.1) is 12.7 Å². The molecule has 5 atom stereocenters. The second-order valence-corrected chi connectivity index (χ2v) is 12.5. The second kappa shape index (κ2) is 8.36. The van der Waals surface area contributed by atoms with Crippen LogP contribution in [0.25, 0.3) is 0 Å². The van der Waals surface area contributed by atoms with Crippen LogP contribution < -0.4 is 4.90 Å². The van der Waals surface area contributed by atoms with Crippen LogP contribution in [-0.2, 0) is 9.53 Å². The van der Waals surface area contributed by atoms with E-state index in [-0.39, 0.29) is 34.6 Å². The quantitative estimate of drug-likeness (QED) is 0.583. The molecule has 0 radical (unpaired) electrons. The number of carbonyl (C=O) groups excluding carboxylic acids is 1. The highest BCUT2D eigenvalue weighted by atomic mass is 16.5. The molecular formula is C31H39NO3. The van der Waals surface area contributed by atoms with Gasteiger partial charge in [-0.2, -0.15) is 0 Å². The summed E-state index contributed by atoms with van der Waals surface area (Å²) in [4.78, 5) is 14.3. The first kappa shape index (κ1) is 24.3. The molecule has 5 rings (SSSR count). The molecule has 4 heteroatoms. The minimum absolute atomic E-state index is 0.0434. The van der Waals surface area contributed by atoms with Gasteiger partial charge in [0.25, 0.3) is 0 Å². The number of hydrogen-bond acceptors (Lipinski definition) is 4. The number of ketones is 1. The third kappa shape index (κ3) is 4.07. The Balaban J connectivity index is 1.65. The van der Waals surface area contributed by atoms with Crippen LogP contribution in [0.2, 0.25) is 0 Å². The van der Waals surface area contributed by atoms with Crippen LogP contribution in [-0.4, -0.2) is 43.3 Å². The number of nitrogens with zero attached hydrogens (tertiary/aromatic N) is 1. The van der Waals surface area contributed by atoms with E-state index in [1.165, 1.54) is 22.4 Å². The SMILES string of the molecule is CN(C)c1ccc(C2C[C@@]3(C)[C@@H](CC[C@@]3(O)C#CC(C)(C)C)[C@@H]3OCC4=CC(=O)CCC4=C23)cc1. The van der Waals surface area contributed by atoms with Crippen molar-refractivity contribution in [2.24, 2.45) is 16.7 Å². The first-order valence-electron chi connectivity index (χ1n) is 13.0. The number of ether oxygens (including phenoxy) is 1. The number of fused-ring (bicyclic) bond motifs is 4. The van der Waals surface area contributed by atoms with Crippen molar-refractivity contribution >= 4 is 11.5 Å². The van der Waals surface area contributed by atoms with E-state index in [2.05, 4.69) is 82.8 Å². The molecule has 0 saturated heterocycles. The maximum atomic E-state index is 12.2. The van der Waals surface area contributed by atoms with Crippen LogP contribution >= 0.6 is 0 Å². The van der Waals surface area contributed by atoms with Crippen LogP contribution in [0.4, 0.5) is 5.69 Å². The van der Waals surface area contributed by atoms with Gasteiger partial charge in [-0.05, 0) is 92.9 Å². The van der Waals surface area contributed by atoms with Gasteiger partial charge in [-0.3, -0.25) is 4.79 Å². The number of rotatable bonds is 2. The molecule has 1 aromatic rings. The van der Waals surface area contributed by atoms with Gasteiger partial charge in [0.15, 0.2) is 5.78 Å². The molecule has 4 nitrogen and oxygen atoms in total. The van der Waals surface area contributed by atoms with Crippen LogP contribution in [0.15, 0.2) is 47.1 Å². The van der Waals surface area contributed by atoms with E-state index >= 15 is 0 Å². The van der Waals surface area contributed by atoms with Crippen molar-refractivity contribution in [3.05, 3.63) is 52.6 Å². The van der Waals surface area contributed by atoms with E-state index in [0.29, 0.717) is 19.4 Å². The van der Waals surface area contributed by atoms with Gasteiger partial charge in [-0.25, -0.2) is 0 Å². The number of hydrogen-bond donors (Lipinski definition) is 1. The maximum Gasteiger partial charge on any atom is 0.156 e. The number of allylic oxidation sites excluding steroid dienone is 1. The lowest BCUT2D eigenvalue weighted by atomic mass is 9.55. The fourth-order valence-electron chi connectivity index (χ4n) is 6.82. The normalized spacial score (nSPS) is 34.3. The monoisotopic (exact) mass is 473 g/mol. The van der Waals surface area contributed by atoms with Gasteiger partial charge < -0.3 is 14.7 Å². The summed E-state index contributed by atoms with van der Waals surface area (Å²) in [6, 6.07) is 8.81. The molecule has 3 aliphatic carbocycles. The fourth-order valence-corrected chi connectivity index (χ4v) is 6.82. The summed E-state index contributed by atoms with van der Waals surface area (Å²) in [7, 11) is 4.11. The van der Waals surface area contributed by atoms with Crippen LogP contribution in [0.5, 0.6) is 0 Å². The lowest BCUT2D eigenvalue weighted by molar-refractivity contribution is -0.115. The zero-order valence-electron chi connectivity index (χ0n) is 22.1. The molecule has 1 unspecified atom stereocenters. The van der Waals surface area contributed by atoms with Gasteiger partial charge in [-0.1, -0.05) is 30.9 Å². The molecule has 2 fully saturated rings. The van der Waals surface area contributed by atoms with Crippen molar-refractivity contribution < 1.29 is 14.6 Å². The lowest BCUT2D eigenvalue weighted by Crippen LogP contribution is -2.53. The lowest BCUT2D eigenvalue weighted by Gasteiger charge is -2.53. The molecular weight excluding hydrogens is 434 g/mol. The van der Waals surface area contributed by atoms with Crippen LogP contribution in [0.1, 0.15) is 71.3 Å². The predicted octanol–water partition coefficient (Wildman–Crippen LogP) is 5.42. The minimum atomic E-state index is -1.04. The Morgan fingerprint density at radius 1 is 1.14 bits per heavy atom. The van der Waals surface area contributed by atoms with Crippen molar-refractivity contribution in [1.29, 1.82) is 0 Å². The van der Waals surface area contributed by atoms with Gasteiger partial charge in [0, 0.05) is 43.0 Å². The standard InChI is InChI=1S/C31H39NO3/c1-29(2,3)15-16-31(34)14-13-26-28-27(24-12-11-23(33)17-21(24)19-35-28)25(18-30(26,31)4)20-7-9-22(10-8-20)32(5)6/h7-10,17,25-26,28,34H,11-14,18-19H2,1-6H3/t25?,26-,28-,30-,31+/m0/s1. The largest absolute Gasteiger partial charge is 0.378 e. The molecule has 186 valence electrons. The number of benzene rings is 1. The molecule has 1 N–H and O–H groups in total. The Hall–Kier alpha value is -2.35. The highest BCUT2D eigenvalue weighted by Crippen LogP contribution is 2.64. The van der Waals surface area contributed by atoms with E-state index < -0.39 is 5.60 Å². The van der Waals surface area contributed by atoms with Gasteiger partial charge in [0.2, 0.25) is 0 Å². The second-order valence-electron chi connectivity index (χ2n) is 12.5. The Morgan fingerprint density at radius 3 is 2.51 bits per heavy atom. The van der Waals surface area contributed by atoms with Crippen LogP contribution in [0, 0.1) is 28.6 Å². The van der Waals surface area contributed by atoms with E-state index in [1.54, 1.807) is 0 Å². The molecule has 4 aliphatic rings. The van der Waals surface area contributed by atoms with Gasteiger partial charge in [-0.15, -0.1) is 0 Å². The Kier molecular flexibility index (Phi) is 5.81. The van der Waals surface area contributed by atoms with E-state index in [4.69, 9.17) is 4.74 Å². The summed E-state index contributed by atoms with van der Waals surface area (Å²) in [5.74, 6) is 7.26. The average molecular weight is 474 g/mol. The average Bonchev–Trinajstić information content (AvgIpc) is 3.07. The third-order valence-electron chi connectivity index (χ3n) is 8.82. The zero-order valence-corrected chi connectivity index (χ0v) is 22.1. The smallest absolute Gasteiger partial charge is 0.156 e. The molecule has 35 heavy (non-hydrogen) atoms. The molecule has 2 saturated carbocycles. The first-order valence-corrected chi connectivity index (χ1v) is 13.0. The highest BCUT2D eigenvalue weighted by Gasteiger charge is 2.63.